The number of benzene rings is 2. The molecule has 2 fully saturated rings. The van der Waals surface area contributed by atoms with Gasteiger partial charge in [0.2, 0.25) is 6.41 Å². The Labute approximate surface area is 204 Å². The van der Waals surface area contributed by atoms with E-state index in [-0.39, 0.29) is 11.1 Å². The molecule has 0 saturated heterocycles. The van der Waals surface area contributed by atoms with Crippen LogP contribution in [0.2, 0.25) is 0 Å². The zero-order chi connectivity index (χ0) is 23.9. The van der Waals surface area contributed by atoms with E-state index in [1.54, 1.807) is 0 Å². The van der Waals surface area contributed by atoms with E-state index in [1.165, 1.54) is 12.0 Å². The molecule has 2 saturated carbocycles. The van der Waals surface area contributed by atoms with Crippen LogP contribution in [0.25, 0.3) is 33.6 Å². The Kier molecular flexibility index (Phi) is 5.29. The molecule has 1 amide bonds. The van der Waals surface area contributed by atoms with Crippen LogP contribution in [0.1, 0.15) is 50.2 Å². The van der Waals surface area contributed by atoms with Crippen LogP contribution < -0.4 is 10.6 Å². The molecule has 2 aromatic carbocycles. The molecular formula is C28H30N6O. The maximum absolute atomic E-state index is 11.0. The number of nitrogens with zero attached hydrogens (tertiary/aromatic N) is 2. The van der Waals surface area contributed by atoms with Gasteiger partial charge < -0.3 is 20.6 Å². The molecule has 0 radical (unpaired) electrons. The highest BCUT2D eigenvalue weighted by Crippen LogP contribution is 2.41. The molecule has 0 unspecified atom stereocenters. The van der Waals surface area contributed by atoms with Crippen molar-refractivity contribution in [3.05, 3.63) is 72.6 Å². The first kappa shape index (κ1) is 21.8. The summed E-state index contributed by atoms with van der Waals surface area (Å²) in [6.07, 6.45) is 11.0. The van der Waals surface area contributed by atoms with E-state index in [9.17, 15) is 4.79 Å². The lowest BCUT2D eigenvalue weighted by molar-refractivity contribution is -0.112. The fourth-order valence-electron chi connectivity index (χ4n) is 5.33. The minimum atomic E-state index is -0.331. The van der Waals surface area contributed by atoms with Gasteiger partial charge in [-0.1, -0.05) is 48.5 Å². The highest BCUT2D eigenvalue weighted by Gasteiger charge is 2.41. The van der Waals surface area contributed by atoms with Crippen LogP contribution in [0.4, 0.5) is 0 Å². The summed E-state index contributed by atoms with van der Waals surface area (Å²) < 4.78 is 0. The van der Waals surface area contributed by atoms with Gasteiger partial charge in [0.15, 0.2) is 0 Å². The third-order valence-electron chi connectivity index (χ3n) is 8.01. The third-order valence-corrected chi connectivity index (χ3v) is 8.01. The molecule has 4 aromatic rings. The van der Waals surface area contributed by atoms with E-state index >= 15 is 0 Å². The van der Waals surface area contributed by atoms with E-state index in [0.717, 1.165) is 78.2 Å². The van der Waals surface area contributed by atoms with Crippen LogP contribution in [0.5, 0.6) is 0 Å². The minimum absolute atomic E-state index is 0.0127. The number of H-pyrrole nitrogens is 2. The number of aromatic amines is 2. The SMILES string of the molecule is CNC1(c2ncc(-c3ccc(-c4ccc(-c5cnc(C6(NC=O)CCC6)[nH]5)cc4)cc3)[nH]2)CCC1. The molecule has 0 spiro atoms. The molecule has 6 rings (SSSR count). The summed E-state index contributed by atoms with van der Waals surface area (Å²) in [6.45, 7) is 0. The minimum Gasteiger partial charge on any atom is -0.346 e. The molecular weight excluding hydrogens is 436 g/mol. The topological polar surface area (TPSA) is 98.5 Å². The number of hydrogen-bond acceptors (Lipinski definition) is 4. The van der Waals surface area contributed by atoms with Crippen LogP contribution >= 0.6 is 0 Å². The number of imidazole rings is 2. The highest BCUT2D eigenvalue weighted by atomic mass is 16.1. The van der Waals surface area contributed by atoms with Gasteiger partial charge in [0, 0.05) is 0 Å². The van der Waals surface area contributed by atoms with Crippen LogP contribution in [-0.2, 0) is 15.9 Å². The Hall–Kier alpha value is -3.71. The Bertz CT molecular complexity index is 1320. The van der Waals surface area contributed by atoms with Crippen molar-refractivity contribution in [2.75, 3.05) is 7.05 Å². The Morgan fingerprint density at radius 3 is 1.51 bits per heavy atom. The van der Waals surface area contributed by atoms with Crippen molar-refractivity contribution in [3.63, 3.8) is 0 Å². The molecule has 2 heterocycles. The summed E-state index contributed by atoms with van der Waals surface area (Å²) in [7, 11) is 2.02. The average molecular weight is 467 g/mol. The fraction of sp³-hybridized carbons (Fsp3) is 0.321. The Balaban J connectivity index is 1.18. The third kappa shape index (κ3) is 3.67. The lowest BCUT2D eigenvalue weighted by Crippen LogP contribution is -2.48. The van der Waals surface area contributed by atoms with Gasteiger partial charge in [-0.25, -0.2) is 9.97 Å². The summed E-state index contributed by atoms with van der Waals surface area (Å²) in [5.41, 5.74) is 6.22. The summed E-state index contributed by atoms with van der Waals surface area (Å²) in [5.74, 6) is 1.87. The highest BCUT2D eigenvalue weighted by molar-refractivity contribution is 5.71. The summed E-state index contributed by atoms with van der Waals surface area (Å²) in [6, 6.07) is 17.1. The predicted octanol–water partition coefficient (Wildman–Crippen LogP) is 4.86. The van der Waals surface area contributed by atoms with Gasteiger partial charge in [-0.2, -0.15) is 0 Å². The van der Waals surface area contributed by atoms with Crippen LogP contribution in [0.15, 0.2) is 60.9 Å². The van der Waals surface area contributed by atoms with Gasteiger partial charge in [-0.05, 0) is 67.8 Å². The standard InChI is InChI=1S/C28H30N6O/c1-29-27(12-2-13-27)25-30-16-23(33-25)21-8-4-19(5-9-21)20-6-10-22(11-7-20)24-17-31-26(34-24)28(32-18-35)14-3-15-28/h4-11,16-18,29H,2-3,12-15H2,1H3,(H,30,33)(H,31,34)(H,32,35). The molecule has 7 nitrogen and oxygen atoms in total. The van der Waals surface area contributed by atoms with Crippen molar-refractivity contribution < 1.29 is 4.79 Å². The van der Waals surface area contributed by atoms with E-state index in [1.807, 2.05) is 19.4 Å². The lowest BCUT2D eigenvalue weighted by Gasteiger charge is -2.39. The second-order valence-corrected chi connectivity index (χ2v) is 9.83. The normalized spacial score (nSPS) is 17.9. The molecule has 0 atom stereocenters. The molecule has 7 heteroatoms. The second kappa shape index (κ2) is 8.50. The summed E-state index contributed by atoms with van der Waals surface area (Å²) >= 11 is 0. The van der Waals surface area contributed by atoms with Gasteiger partial charge in [0.25, 0.3) is 0 Å². The summed E-state index contributed by atoms with van der Waals surface area (Å²) in [5, 5.41) is 6.40. The Morgan fingerprint density at radius 2 is 1.14 bits per heavy atom. The smallest absolute Gasteiger partial charge is 0.207 e. The van der Waals surface area contributed by atoms with Crippen LogP contribution in [0, 0.1) is 0 Å². The molecule has 178 valence electrons. The molecule has 2 aliphatic rings. The zero-order valence-corrected chi connectivity index (χ0v) is 19.9. The van der Waals surface area contributed by atoms with Crippen molar-refractivity contribution >= 4 is 6.41 Å². The van der Waals surface area contributed by atoms with E-state index in [2.05, 4.69) is 79.1 Å². The van der Waals surface area contributed by atoms with Crippen LogP contribution in [0.3, 0.4) is 0 Å². The second-order valence-electron chi connectivity index (χ2n) is 9.83. The first-order valence-corrected chi connectivity index (χ1v) is 12.4. The molecule has 2 aromatic heterocycles. The van der Waals surface area contributed by atoms with Gasteiger partial charge in [0.05, 0.1) is 34.9 Å². The molecule has 0 bridgehead atoms. The number of aromatic nitrogens is 4. The monoisotopic (exact) mass is 466 g/mol. The van der Waals surface area contributed by atoms with E-state index < -0.39 is 0 Å². The van der Waals surface area contributed by atoms with Crippen molar-refractivity contribution in [3.8, 4) is 33.6 Å². The first-order valence-electron chi connectivity index (χ1n) is 12.4. The number of amides is 1. The van der Waals surface area contributed by atoms with Crippen molar-refractivity contribution in [1.82, 2.24) is 30.6 Å². The van der Waals surface area contributed by atoms with E-state index in [0.29, 0.717) is 0 Å². The van der Waals surface area contributed by atoms with Gasteiger partial charge in [-0.3, -0.25) is 4.79 Å². The lowest BCUT2D eigenvalue weighted by atomic mass is 9.76. The molecule has 2 aliphatic carbocycles. The van der Waals surface area contributed by atoms with Crippen molar-refractivity contribution in [2.24, 2.45) is 0 Å². The van der Waals surface area contributed by atoms with Crippen molar-refractivity contribution in [1.29, 1.82) is 0 Å². The number of carbonyl (C=O) groups is 1. The molecule has 0 aliphatic heterocycles. The number of rotatable bonds is 8. The molecule has 4 N–H and O–H groups in total. The largest absolute Gasteiger partial charge is 0.346 e. The maximum Gasteiger partial charge on any atom is 0.207 e. The number of nitrogens with one attached hydrogen (secondary N) is 4. The Morgan fingerprint density at radius 1 is 0.714 bits per heavy atom. The average Bonchev–Trinajstić information content (AvgIpc) is 3.53. The maximum atomic E-state index is 11.0. The van der Waals surface area contributed by atoms with Crippen LogP contribution in [-0.4, -0.2) is 33.4 Å². The first-order chi connectivity index (χ1) is 17.1. The van der Waals surface area contributed by atoms with Gasteiger partial charge in [-0.15, -0.1) is 0 Å². The molecule has 35 heavy (non-hydrogen) atoms. The quantitative estimate of drug-likeness (QED) is 0.279. The van der Waals surface area contributed by atoms with Crippen molar-refractivity contribution in [2.45, 2.75) is 49.6 Å². The van der Waals surface area contributed by atoms with Gasteiger partial charge in [0.1, 0.15) is 11.6 Å². The van der Waals surface area contributed by atoms with E-state index in [4.69, 9.17) is 0 Å². The predicted molar refractivity (Wildman–Crippen MR) is 136 cm³/mol. The zero-order valence-electron chi connectivity index (χ0n) is 19.9. The summed E-state index contributed by atoms with van der Waals surface area (Å²) in [4.78, 5) is 27.2. The number of carbonyl (C=O) groups excluding carboxylic acids is 1. The fourth-order valence-corrected chi connectivity index (χ4v) is 5.33. The number of hydrogen-bond donors (Lipinski definition) is 4. The van der Waals surface area contributed by atoms with Gasteiger partial charge >= 0.3 is 0 Å².